The molecule has 0 saturated heterocycles. The molecule has 0 fully saturated rings. The summed E-state index contributed by atoms with van der Waals surface area (Å²) in [6.45, 7) is 3.77. The third kappa shape index (κ3) is 2.36. The van der Waals surface area contributed by atoms with Crippen LogP contribution in [0.5, 0.6) is 0 Å². The maximum Gasteiger partial charge on any atom is 0.290 e. The first-order valence-electron chi connectivity index (χ1n) is 4.18. The maximum atomic E-state index is 10.6. The van der Waals surface area contributed by atoms with E-state index < -0.39 is 4.92 Å². The summed E-state index contributed by atoms with van der Waals surface area (Å²) in [6.07, 6.45) is 0. The van der Waals surface area contributed by atoms with Gasteiger partial charge in [0.1, 0.15) is 5.02 Å². The summed E-state index contributed by atoms with van der Waals surface area (Å²) in [5, 5.41) is 11.0. The van der Waals surface area contributed by atoms with E-state index in [9.17, 15) is 10.1 Å². The molecule has 0 aliphatic rings. The van der Waals surface area contributed by atoms with Gasteiger partial charge in [-0.1, -0.05) is 48.7 Å². The third-order valence-electron chi connectivity index (χ3n) is 1.95. The van der Waals surface area contributed by atoms with Crippen LogP contribution in [0.2, 0.25) is 15.1 Å². The van der Waals surface area contributed by atoms with Gasteiger partial charge in [-0.25, -0.2) is 0 Å². The summed E-state index contributed by atoms with van der Waals surface area (Å²) in [5.41, 5.74) is 0.366. The Morgan fingerprint density at radius 2 is 1.80 bits per heavy atom. The molecule has 0 aliphatic carbocycles. The van der Waals surface area contributed by atoms with Gasteiger partial charge in [0.05, 0.1) is 15.0 Å². The highest BCUT2D eigenvalue weighted by Crippen LogP contribution is 2.41. The summed E-state index contributed by atoms with van der Waals surface area (Å²) < 4.78 is 0. The predicted octanol–water partition coefficient (Wildman–Crippen LogP) is 4.68. The van der Waals surface area contributed by atoms with Crippen LogP contribution in [0.1, 0.15) is 25.3 Å². The quantitative estimate of drug-likeness (QED) is 0.444. The van der Waals surface area contributed by atoms with Crippen LogP contribution in [0.25, 0.3) is 0 Å². The van der Waals surface area contributed by atoms with Crippen molar-refractivity contribution in [3.05, 3.63) is 36.8 Å². The molecule has 15 heavy (non-hydrogen) atoms. The van der Waals surface area contributed by atoms with Crippen LogP contribution >= 0.6 is 34.8 Å². The van der Waals surface area contributed by atoms with E-state index in [4.69, 9.17) is 34.8 Å². The van der Waals surface area contributed by atoms with Gasteiger partial charge in [-0.3, -0.25) is 10.1 Å². The topological polar surface area (TPSA) is 43.1 Å². The number of rotatable bonds is 2. The Labute approximate surface area is 102 Å². The number of halogens is 3. The second-order valence-electron chi connectivity index (χ2n) is 3.33. The second kappa shape index (κ2) is 4.56. The second-order valence-corrected chi connectivity index (χ2v) is 4.49. The van der Waals surface area contributed by atoms with E-state index in [1.165, 1.54) is 6.07 Å². The van der Waals surface area contributed by atoms with E-state index in [0.29, 0.717) is 5.56 Å². The first-order chi connectivity index (χ1) is 6.86. The average Bonchev–Trinajstić information content (AvgIpc) is 2.10. The SMILES string of the molecule is CC(C)c1c(Cl)cc([N+](=O)[O-])c(Cl)c1Cl. The third-order valence-corrected chi connectivity index (χ3v) is 3.13. The van der Waals surface area contributed by atoms with Crippen molar-refractivity contribution >= 4 is 40.5 Å². The van der Waals surface area contributed by atoms with Crippen LogP contribution in [0.4, 0.5) is 5.69 Å². The molecule has 0 aliphatic heterocycles. The van der Waals surface area contributed by atoms with Crippen LogP contribution in [-0.2, 0) is 0 Å². The minimum Gasteiger partial charge on any atom is -0.258 e. The molecule has 0 aromatic heterocycles. The Balaban J connectivity index is 3.51. The fraction of sp³-hybridized carbons (Fsp3) is 0.333. The van der Waals surface area contributed by atoms with Gasteiger partial charge in [0.2, 0.25) is 0 Å². The lowest BCUT2D eigenvalue weighted by atomic mass is 10.0. The molecule has 0 unspecified atom stereocenters. The Kier molecular flexibility index (Phi) is 3.82. The van der Waals surface area contributed by atoms with Gasteiger partial charge in [0.25, 0.3) is 5.69 Å². The number of benzene rings is 1. The predicted molar refractivity (Wildman–Crippen MR) is 62.2 cm³/mol. The number of nitrogens with zero attached hydrogens (tertiary/aromatic N) is 1. The monoisotopic (exact) mass is 267 g/mol. The van der Waals surface area contributed by atoms with Crippen molar-refractivity contribution in [2.45, 2.75) is 19.8 Å². The van der Waals surface area contributed by atoms with Gasteiger partial charge >= 0.3 is 0 Å². The molecule has 0 radical (unpaired) electrons. The van der Waals surface area contributed by atoms with Gasteiger partial charge in [0, 0.05) is 6.07 Å². The molecular formula is C9H8Cl3NO2. The zero-order valence-electron chi connectivity index (χ0n) is 8.05. The largest absolute Gasteiger partial charge is 0.290 e. The van der Waals surface area contributed by atoms with Crippen molar-refractivity contribution in [1.29, 1.82) is 0 Å². The molecule has 0 saturated carbocycles. The van der Waals surface area contributed by atoms with Crippen molar-refractivity contribution in [3.8, 4) is 0 Å². The molecule has 82 valence electrons. The van der Waals surface area contributed by atoms with Crippen LogP contribution in [0.3, 0.4) is 0 Å². The number of hydrogen-bond acceptors (Lipinski definition) is 2. The fourth-order valence-electron chi connectivity index (χ4n) is 1.26. The summed E-state index contributed by atoms with van der Waals surface area (Å²) in [4.78, 5) is 10.0. The van der Waals surface area contributed by atoms with E-state index >= 15 is 0 Å². The van der Waals surface area contributed by atoms with Crippen molar-refractivity contribution in [1.82, 2.24) is 0 Å². The Morgan fingerprint density at radius 1 is 1.27 bits per heavy atom. The van der Waals surface area contributed by atoms with Gasteiger partial charge < -0.3 is 0 Å². The molecule has 0 spiro atoms. The van der Waals surface area contributed by atoms with Crippen molar-refractivity contribution < 1.29 is 4.92 Å². The lowest BCUT2D eigenvalue weighted by Crippen LogP contribution is -1.96. The molecule has 1 aromatic carbocycles. The van der Waals surface area contributed by atoms with Gasteiger partial charge in [0.15, 0.2) is 0 Å². The zero-order chi connectivity index (χ0) is 11.7. The highest BCUT2D eigenvalue weighted by molar-refractivity contribution is 6.45. The highest BCUT2D eigenvalue weighted by Gasteiger charge is 2.22. The normalized spacial score (nSPS) is 10.8. The lowest BCUT2D eigenvalue weighted by Gasteiger charge is -2.11. The van der Waals surface area contributed by atoms with Crippen molar-refractivity contribution in [2.75, 3.05) is 0 Å². The highest BCUT2D eigenvalue weighted by atomic mass is 35.5. The van der Waals surface area contributed by atoms with Crippen LogP contribution in [0.15, 0.2) is 6.07 Å². The molecule has 0 amide bonds. The minimum absolute atomic E-state index is 0.0586. The minimum atomic E-state index is -0.607. The van der Waals surface area contributed by atoms with Crippen LogP contribution in [0, 0.1) is 10.1 Å². The summed E-state index contributed by atoms with van der Waals surface area (Å²) in [7, 11) is 0. The van der Waals surface area contributed by atoms with E-state index in [2.05, 4.69) is 0 Å². The number of nitro groups is 1. The number of hydrogen-bond donors (Lipinski definition) is 0. The molecule has 6 heteroatoms. The summed E-state index contributed by atoms with van der Waals surface area (Å²) >= 11 is 17.6. The van der Waals surface area contributed by atoms with Gasteiger partial charge in [-0.05, 0) is 11.5 Å². The Bertz CT molecular complexity index is 418. The van der Waals surface area contributed by atoms with E-state index in [-0.39, 0.29) is 26.7 Å². The van der Waals surface area contributed by atoms with E-state index in [1.807, 2.05) is 13.8 Å². The van der Waals surface area contributed by atoms with Crippen molar-refractivity contribution in [2.24, 2.45) is 0 Å². The van der Waals surface area contributed by atoms with Gasteiger partial charge in [-0.15, -0.1) is 0 Å². The smallest absolute Gasteiger partial charge is 0.258 e. The molecule has 1 aromatic rings. The Morgan fingerprint density at radius 3 is 2.20 bits per heavy atom. The lowest BCUT2D eigenvalue weighted by molar-refractivity contribution is -0.384. The van der Waals surface area contributed by atoms with Gasteiger partial charge in [-0.2, -0.15) is 0 Å². The molecular weight excluding hydrogens is 260 g/mol. The first-order valence-corrected chi connectivity index (χ1v) is 5.31. The average molecular weight is 269 g/mol. The molecule has 0 heterocycles. The number of nitro benzene ring substituents is 1. The molecule has 0 bridgehead atoms. The molecule has 0 N–H and O–H groups in total. The van der Waals surface area contributed by atoms with Crippen molar-refractivity contribution in [3.63, 3.8) is 0 Å². The zero-order valence-corrected chi connectivity index (χ0v) is 10.3. The van der Waals surface area contributed by atoms with Crippen LogP contribution in [-0.4, -0.2) is 4.92 Å². The summed E-state index contributed by atoms with van der Waals surface area (Å²) in [6, 6.07) is 1.23. The molecule has 0 atom stereocenters. The first kappa shape index (κ1) is 12.6. The Hall–Kier alpha value is -0.510. The van der Waals surface area contributed by atoms with E-state index in [0.717, 1.165) is 0 Å². The van der Waals surface area contributed by atoms with Crippen LogP contribution < -0.4 is 0 Å². The molecule has 1 rings (SSSR count). The fourth-order valence-corrected chi connectivity index (χ4v) is 2.37. The molecule has 3 nitrogen and oxygen atoms in total. The maximum absolute atomic E-state index is 10.6. The standard InChI is InChI=1S/C9H8Cl3NO2/c1-4(2)7-5(10)3-6(13(14)15)8(11)9(7)12/h3-4H,1-2H3. The summed E-state index contributed by atoms with van der Waals surface area (Å²) in [5.74, 6) is 0.0586. The van der Waals surface area contributed by atoms with E-state index in [1.54, 1.807) is 0 Å².